The van der Waals surface area contributed by atoms with E-state index in [4.69, 9.17) is 9.15 Å². The maximum Gasteiger partial charge on any atom is 0.142 e. The molecule has 1 aromatic carbocycles. The lowest BCUT2D eigenvalue weighted by Crippen LogP contribution is -2.14. The van der Waals surface area contributed by atoms with E-state index in [1.807, 2.05) is 47.3 Å². The molecule has 0 saturated heterocycles. The van der Waals surface area contributed by atoms with Gasteiger partial charge in [0.15, 0.2) is 0 Å². The lowest BCUT2D eigenvalue weighted by Gasteiger charge is -2.10. The molecule has 0 spiro atoms. The molecule has 3 heterocycles. The number of nitrogens with one attached hydrogen (secondary N) is 1. The van der Waals surface area contributed by atoms with E-state index in [2.05, 4.69) is 27.4 Å². The summed E-state index contributed by atoms with van der Waals surface area (Å²) >= 11 is 0. The van der Waals surface area contributed by atoms with E-state index in [-0.39, 0.29) is 0 Å². The molecule has 0 aliphatic heterocycles. The van der Waals surface area contributed by atoms with Crippen molar-refractivity contribution < 1.29 is 9.15 Å². The second kappa shape index (κ2) is 7.51. The maximum absolute atomic E-state index is 5.70. The summed E-state index contributed by atoms with van der Waals surface area (Å²) in [5, 5.41) is 3.42. The number of hydrogen-bond acceptors (Lipinski definition) is 5. The van der Waals surface area contributed by atoms with Gasteiger partial charge in [-0.2, -0.15) is 0 Å². The second-order valence-corrected chi connectivity index (χ2v) is 5.99. The Morgan fingerprint density at radius 1 is 1.00 bits per heavy atom. The Balaban J connectivity index is 1.51. The third kappa shape index (κ3) is 3.37. The number of benzene rings is 1. The Kier molecular flexibility index (Phi) is 4.77. The van der Waals surface area contributed by atoms with Gasteiger partial charge in [0.25, 0.3) is 0 Å². The Labute approximate surface area is 151 Å². The van der Waals surface area contributed by atoms with Gasteiger partial charge in [-0.1, -0.05) is 18.2 Å². The van der Waals surface area contributed by atoms with Crippen LogP contribution in [0.1, 0.15) is 17.1 Å². The number of hydrogen-bond donors (Lipinski definition) is 1. The molecule has 0 amide bonds. The molecule has 26 heavy (non-hydrogen) atoms. The van der Waals surface area contributed by atoms with Gasteiger partial charge in [-0.15, -0.1) is 0 Å². The van der Waals surface area contributed by atoms with E-state index >= 15 is 0 Å². The Bertz CT molecular complexity index is 1010. The van der Waals surface area contributed by atoms with Crippen LogP contribution < -0.4 is 5.32 Å². The number of nitrogens with zero attached hydrogens (tertiary/aromatic N) is 3. The van der Waals surface area contributed by atoms with Crippen LogP contribution in [-0.4, -0.2) is 21.6 Å². The molecule has 0 atom stereocenters. The lowest BCUT2D eigenvalue weighted by molar-refractivity contribution is 0.162. The van der Waals surface area contributed by atoms with E-state index in [0.29, 0.717) is 19.7 Å². The fourth-order valence-electron chi connectivity index (χ4n) is 2.97. The summed E-state index contributed by atoms with van der Waals surface area (Å²) in [4.78, 5) is 9.03. The van der Waals surface area contributed by atoms with Crippen LogP contribution in [0.2, 0.25) is 0 Å². The predicted molar refractivity (Wildman–Crippen MR) is 98.8 cm³/mol. The van der Waals surface area contributed by atoms with Gasteiger partial charge in [-0.3, -0.25) is 4.57 Å². The molecule has 3 aromatic heterocycles. The van der Waals surface area contributed by atoms with Gasteiger partial charge in [-0.05, 0) is 30.3 Å². The molecule has 6 nitrogen and oxygen atoms in total. The zero-order valence-electron chi connectivity index (χ0n) is 14.6. The van der Waals surface area contributed by atoms with Crippen LogP contribution >= 0.6 is 0 Å². The number of para-hydroxylation sites is 2. The van der Waals surface area contributed by atoms with Crippen molar-refractivity contribution in [2.45, 2.75) is 19.7 Å². The third-order valence-electron chi connectivity index (χ3n) is 4.17. The quantitative estimate of drug-likeness (QED) is 0.554. The van der Waals surface area contributed by atoms with Crippen LogP contribution in [-0.2, 0) is 24.4 Å². The van der Waals surface area contributed by atoms with Crippen LogP contribution in [0, 0.1) is 0 Å². The van der Waals surface area contributed by atoms with E-state index in [1.54, 1.807) is 13.3 Å². The molecule has 132 valence electrons. The van der Waals surface area contributed by atoms with Crippen LogP contribution in [0.15, 0.2) is 65.5 Å². The van der Waals surface area contributed by atoms with Gasteiger partial charge in [0.05, 0.1) is 17.6 Å². The molecule has 0 saturated carbocycles. The first kappa shape index (κ1) is 16.5. The van der Waals surface area contributed by atoms with Crippen LogP contribution in [0.4, 0.5) is 0 Å². The molecule has 1 N–H and O–H groups in total. The molecular weight excluding hydrogens is 328 g/mol. The topological polar surface area (TPSA) is 65.1 Å². The van der Waals surface area contributed by atoms with Crippen LogP contribution in [0.25, 0.3) is 16.9 Å². The van der Waals surface area contributed by atoms with Gasteiger partial charge < -0.3 is 14.5 Å². The average molecular weight is 348 g/mol. The van der Waals surface area contributed by atoms with Crippen molar-refractivity contribution in [1.82, 2.24) is 19.9 Å². The first-order valence-corrected chi connectivity index (χ1v) is 8.49. The average Bonchev–Trinajstić information content (AvgIpc) is 3.29. The van der Waals surface area contributed by atoms with Crippen LogP contribution in [0.5, 0.6) is 0 Å². The summed E-state index contributed by atoms with van der Waals surface area (Å²) < 4.78 is 12.8. The third-order valence-corrected chi connectivity index (χ3v) is 4.17. The number of fused-ring (bicyclic) bond motifs is 1. The van der Waals surface area contributed by atoms with E-state index in [0.717, 1.165) is 33.9 Å². The van der Waals surface area contributed by atoms with E-state index < -0.39 is 0 Å². The summed E-state index contributed by atoms with van der Waals surface area (Å²) in [5.41, 5.74) is 3.10. The highest BCUT2D eigenvalue weighted by Gasteiger charge is 2.10. The zero-order chi connectivity index (χ0) is 17.8. The number of ether oxygens (including phenoxy) is 1. The van der Waals surface area contributed by atoms with Crippen molar-refractivity contribution in [2.75, 3.05) is 7.11 Å². The van der Waals surface area contributed by atoms with Crippen molar-refractivity contribution >= 4 is 11.0 Å². The smallest absolute Gasteiger partial charge is 0.142 e. The molecule has 4 rings (SSSR count). The first-order chi connectivity index (χ1) is 12.8. The minimum Gasteiger partial charge on any atom is -0.462 e. The minimum atomic E-state index is 0.487. The molecule has 4 aromatic rings. The summed E-state index contributed by atoms with van der Waals surface area (Å²) in [6, 6.07) is 16.0. The number of rotatable bonds is 7. The number of furan rings is 1. The highest BCUT2D eigenvalue weighted by atomic mass is 16.5. The molecule has 0 unspecified atom stereocenters. The number of imidazole rings is 1. The highest BCUT2D eigenvalue weighted by molar-refractivity contribution is 5.77. The summed E-state index contributed by atoms with van der Waals surface area (Å²) in [5.74, 6) is 2.60. The molecule has 0 bridgehead atoms. The predicted octanol–water partition coefficient (Wildman–Crippen LogP) is 3.45. The molecule has 6 heteroatoms. The van der Waals surface area contributed by atoms with Gasteiger partial charge in [0.2, 0.25) is 0 Å². The highest BCUT2D eigenvalue weighted by Crippen LogP contribution is 2.19. The lowest BCUT2D eigenvalue weighted by atomic mass is 10.2. The Morgan fingerprint density at radius 2 is 1.88 bits per heavy atom. The van der Waals surface area contributed by atoms with Crippen LogP contribution in [0.3, 0.4) is 0 Å². The van der Waals surface area contributed by atoms with Crippen molar-refractivity contribution in [3.63, 3.8) is 0 Å². The van der Waals surface area contributed by atoms with Crippen molar-refractivity contribution in [2.24, 2.45) is 0 Å². The van der Waals surface area contributed by atoms with Gasteiger partial charge in [0.1, 0.15) is 30.3 Å². The van der Waals surface area contributed by atoms with Gasteiger partial charge >= 0.3 is 0 Å². The normalized spacial score (nSPS) is 11.3. The molecule has 0 radical (unpaired) electrons. The largest absolute Gasteiger partial charge is 0.462 e. The van der Waals surface area contributed by atoms with Gasteiger partial charge in [0, 0.05) is 25.4 Å². The Hall–Kier alpha value is -2.96. The second-order valence-electron chi connectivity index (χ2n) is 5.99. The Morgan fingerprint density at radius 3 is 2.81 bits per heavy atom. The first-order valence-electron chi connectivity index (χ1n) is 8.49. The monoisotopic (exact) mass is 348 g/mol. The van der Waals surface area contributed by atoms with Crippen molar-refractivity contribution in [1.29, 1.82) is 0 Å². The molecule has 0 aliphatic rings. The number of methoxy groups -OCH3 is 1. The fraction of sp³-hybridized carbons (Fsp3) is 0.200. The molecule has 0 fully saturated rings. The van der Waals surface area contributed by atoms with Crippen molar-refractivity contribution in [3.8, 4) is 5.82 Å². The van der Waals surface area contributed by atoms with E-state index in [9.17, 15) is 0 Å². The van der Waals surface area contributed by atoms with E-state index in [1.165, 1.54) is 0 Å². The molecular formula is C20H20N4O2. The maximum atomic E-state index is 5.70. The minimum absolute atomic E-state index is 0.487. The number of pyridine rings is 1. The molecule has 0 aliphatic carbocycles. The summed E-state index contributed by atoms with van der Waals surface area (Å²) in [7, 11) is 1.66. The van der Waals surface area contributed by atoms with Gasteiger partial charge in [-0.25, -0.2) is 9.97 Å². The number of aromatic nitrogens is 3. The fourth-order valence-corrected chi connectivity index (χ4v) is 2.97. The summed E-state index contributed by atoms with van der Waals surface area (Å²) in [6.07, 6.45) is 3.62. The standard InChI is InChI=1S/C20H20N4O2/c1-25-13-17-9-8-16(26-17)12-21-11-15-5-4-10-22-20(15)24-14-23-18-6-2-3-7-19(18)24/h2-10,14,21H,11-13H2,1H3. The van der Waals surface area contributed by atoms with Crippen molar-refractivity contribution in [3.05, 3.63) is 78.1 Å². The summed E-state index contributed by atoms with van der Waals surface area (Å²) in [6.45, 7) is 1.80. The SMILES string of the molecule is COCc1ccc(CNCc2cccnc2-n2cnc3ccccc32)o1. The zero-order valence-corrected chi connectivity index (χ0v) is 14.6.